The maximum absolute atomic E-state index is 12.4. The fourth-order valence-electron chi connectivity index (χ4n) is 2.70. The van der Waals surface area contributed by atoms with Crippen LogP contribution in [0.3, 0.4) is 0 Å². The summed E-state index contributed by atoms with van der Waals surface area (Å²) in [5, 5.41) is 3.11. The highest BCUT2D eigenvalue weighted by atomic mass is 32.1. The summed E-state index contributed by atoms with van der Waals surface area (Å²) < 4.78 is 5.47. The first-order valence-corrected chi connectivity index (χ1v) is 9.95. The van der Waals surface area contributed by atoms with Crippen LogP contribution in [0.4, 0.5) is 0 Å². The van der Waals surface area contributed by atoms with E-state index in [1.54, 1.807) is 0 Å². The topological polar surface area (TPSA) is 38.3 Å². The number of ether oxygens (including phenoxy) is 1. The van der Waals surface area contributed by atoms with E-state index in [0.717, 1.165) is 39.8 Å². The maximum atomic E-state index is 12.4. The van der Waals surface area contributed by atoms with E-state index in [9.17, 15) is 4.79 Å². The van der Waals surface area contributed by atoms with E-state index in [1.807, 2.05) is 43.3 Å². The Morgan fingerprint density at radius 1 is 1.08 bits per heavy atom. The third kappa shape index (κ3) is 6.20. The van der Waals surface area contributed by atoms with Crippen molar-refractivity contribution in [1.82, 2.24) is 5.32 Å². The SMILES string of the molecule is CCOc1ccc(-c2ccc(C(=O)N[C@@H](C)CCCC(C)C)s2)cc1. The second-order valence-corrected chi connectivity index (χ2v) is 7.90. The summed E-state index contributed by atoms with van der Waals surface area (Å²) >= 11 is 1.53. The van der Waals surface area contributed by atoms with Crippen LogP contribution in [0.15, 0.2) is 36.4 Å². The Morgan fingerprint density at radius 3 is 2.44 bits per heavy atom. The van der Waals surface area contributed by atoms with Crippen molar-refractivity contribution in [2.75, 3.05) is 6.61 Å². The fourth-order valence-corrected chi connectivity index (χ4v) is 3.61. The van der Waals surface area contributed by atoms with Gasteiger partial charge in [0.2, 0.25) is 0 Å². The van der Waals surface area contributed by atoms with Gasteiger partial charge in [-0.1, -0.05) is 26.7 Å². The lowest BCUT2D eigenvalue weighted by Crippen LogP contribution is -2.31. The van der Waals surface area contributed by atoms with Gasteiger partial charge in [-0.05, 0) is 68.1 Å². The number of thiophene rings is 1. The summed E-state index contributed by atoms with van der Waals surface area (Å²) in [6.45, 7) is 9.19. The standard InChI is InChI=1S/C21H29NO2S/c1-5-24-18-11-9-17(10-12-18)19-13-14-20(25-19)21(23)22-16(4)8-6-7-15(2)3/h9-16H,5-8H2,1-4H3,(H,22,23)/t16-/m0/s1. The molecule has 0 unspecified atom stereocenters. The van der Waals surface area contributed by atoms with Crippen LogP contribution in [0.5, 0.6) is 5.75 Å². The molecule has 1 aromatic heterocycles. The molecule has 1 atom stereocenters. The largest absolute Gasteiger partial charge is 0.494 e. The minimum atomic E-state index is 0.0271. The Kier molecular flexibility index (Phi) is 7.51. The third-order valence-corrected chi connectivity index (χ3v) is 5.21. The lowest BCUT2D eigenvalue weighted by atomic mass is 10.0. The van der Waals surface area contributed by atoms with Gasteiger partial charge >= 0.3 is 0 Å². The van der Waals surface area contributed by atoms with Gasteiger partial charge in [-0.3, -0.25) is 4.79 Å². The molecule has 2 rings (SSSR count). The van der Waals surface area contributed by atoms with E-state index in [4.69, 9.17) is 4.74 Å². The quantitative estimate of drug-likeness (QED) is 0.618. The second kappa shape index (κ2) is 9.62. The molecule has 2 aromatic rings. The van der Waals surface area contributed by atoms with Gasteiger partial charge in [0.1, 0.15) is 5.75 Å². The van der Waals surface area contributed by atoms with Gasteiger partial charge < -0.3 is 10.1 Å². The van der Waals surface area contributed by atoms with E-state index in [1.165, 1.54) is 17.8 Å². The van der Waals surface area contributed by atoms with E-state index < -0.39 is 0 Å². The van der Waals surface area contributed by atoms with Crippen molar-refractivity contribution in [2.24, 2.45) is 5.92 Å². The van der Waals surface area contributed by atoms with Gasteiger partial charge in [0.15, 0.2) is 0 Å². The van der Waals surface area contributed by atoms with Crippen molar-refractivity contribution in [2.45, 2.75) is 53.0 Å². The summed E-state index contributed by atoms with van der Waals surface area (Å²) in [6.07, 6.45) is 3.39. The third-order valence-electron chi connectivity index (χ3n) is 4.08. The summed E-state index contributed by atoms with van der Waals surface area (Å²) in [7, 11) is 0. The second-order valence-electron chi connectivity index (χ2n) is 6.82. The molecular weight excluding hydrogens is 330 g/mol. The molecule has 0 radical (unpaired) electrons. The highest BCUT2D eigenvalue weighted by molar-refractivity contribution is 7.17. The molecule has 0 aliphatic heterocycles. The Balaban J connectivity index is 1.92. The Labute approximate surface area is 155 Å². The van der Waals surface area contributed by atoms with Crippen LogP contribution in [-0.4, -0.2) is 18.6 Å². The first-order chi connectivity index (χ1) is 12.0. The minimum absolute atomic E-state index is 0.0271. The number of nitrogens with one attached hydrogen (secondary N) is 1. The molecule has 3 nitrogen and oxygen atoms in total. The van der Waals surface area contributed by atoms with Crippen molar-refractivity contribution >= 4 is 17.2 Å². The zero-order chi connectivity index (χ0) is 18.2. The van der Waals surface area contributed by atoms with Crippen LogP contribution in [0.1, 0.15) is 56.6 Å². The van der Waals surface area contributed by atoms with Crippen LogP contribution in [-0.2, 0) is 0 Å². The molecule has 0 aliphatic rings. The Hall–Kier alpha value is -1.81. The first-order valence-electron chi connectivity index (χ1n) is 9.13. The Bertz CT molecular complexity index is 661. The van der Waals surface area contributed by atoms with Gasteiger partial charge in [0.05, 0.1) is 11.5 Å². The zero-order valence-electron chi connectivity index (χ0n) is 15.7. The molecule has 0 fully saturated rings. The number of rotatable bonds is 9. The fraction of sp³-hybridized carbons (Fsp3) is 0.476. The van der Waals surface area contributed by atoms with Gasteiger partial charge in [-0.25, -0.2) is 0 Å². The average molecular weight is 360 g/mol. The zero-order valence-corrected chi connectivity index (χ0v) is 16.5. The molecule has 0 aliphatic carbocycles. The van der Waals surface area contributed by atoms with Crippen molar-refractivity contribution in [3.05, 3.63) is 41.3 Å². The minimum Gasteiger partial charge on any atom is -0.494 e. The molecule has 25 heavy (non-hydrogen) atoms. The van der Waals surface area contributed by atoms with Crippen LogP contribution in [0, 0.1) is 5.92 Å². The molecule has 0 saturated carbocycles. The summed E-state index contributed by atoms with van der Waals surface area (Å²) in [5.74, 6) is 1.62. The van der Waals surface area contributed by atoms with Crippen molar-refractivity contribution in [1.29, 1.82) is 0 Å². The molecular formula is C21H29NO2S. The average Bonchev–Trinajstić information content (AvgIpc) is 3.05. The number of amides is 1. The molecule has 4 heteroatoms. The van der Waals surface area contributed by atoms with E-state index in [2.05, 4.69) is 26.1 Å². The highest BCUT2D eigenvalue weighted by Crippen LogP contribution is 2.29. The molecule has 1 aromatic carbocycles. The summed E-state index contributed by atoms with van der Waals surface area (Å²) in [5.41, 5.74) is 1.11. The van der Waals surface area contributed by atoms with Crippen molar-refractivity contribution in [3.8, 4) is 16.2 Å². The number of carbonyl (C=O) groups is 1. The maximum Gasteiger partial charge on any atom is 0.261 e. The number of benzene rings is 1. The predicted molar refractivity (Wildman–Crippen MR) is 107 cm³/mol. The molecule has 0 bridgehead atoms. The number of carbonyl (C=O) groups excluding carboxylic acids is 1. The Morgan fingerprint density at radius 2 is 1.80 bits per heavy atom. The molecule has 1 heterocycles. The number of hydrogen-bond acceptors (Lipinski definition) is 3. The summed E-state index contributed by atoms with van der Waals surface area (Å²) in [6, 6.07) is 12.1. The van der Waals surface area contributed by atoms with E-state index in [0.29, 0.717) is 6.61 Å². The predicted octanol–water partition coefficient (Wildman–Crippen LogP) is 5.76. The molecule has 1 amide bonds. The van der Waals surface area contributed by atoms with E-state index in [-0.39, 0.29) is 11.9 Å². The van der Waals surface area contributed by atoms with Crippen LogP contribution in [0.2, 0.25) is 0 Å². The summed E-state index contributed by atoms with van der Waals surface area (Å²) in [4.78, 5) is 14.3. The van der Waals surface area contributed by atoms with Gasteiger partial charge in [0, 0.05) is 10.9 Å². The highest BCUT2D eigenvalue weighted by Gasteiger charge is 2.13. The lowest BCUT2D eigenvalue weighted by molar-refractivity contribution is 0.0942. The molecule has 136 valence electrons. The molecule has 0 saturated heterocycles. The smallest absolute Gasteiger partial charge is 0.261 e. The normalized spacial score (nSPS) is 12.2. The number of hydrogen-bond donors (Lipinski definition) is 1. The monoisotopic (exact) mass is 359 g/mol. The van der Waals surface area contributed by atoms with Crippen LogP contribution in [0.25, 0.3) is 10.4 Å². The van der Waals surface area contributed by atoms with Crippen molar-refractivity contribution < 1.29 is 9.53 Å². The van der Waals surface area contributed by atoms with Crippen LogP contribution < -0.4 is 10.1 Å². The van der Waals surface area contributed by atoms with Gasteiger partial charge in [0.25, 0.3) is 5.91 Å². The van der Waals surface area contributed by atoms with Gasteiger partial charge in [-0.15, -0.1) is 11.3 Å². The first kappa shape index (κ1) is 19.5. The van der Waals surface area contributed by atoms with Crippen molar-refractivity contribution in [3.63, 3.8) is 0 Å². The van der Waals surface area contributed by atoms with Crippen LogP contribution >= 0.6 is 11.3 Å². The molecule has 1 N–H and O–H groups in total. The van der Waals surface area contributed by atoms with E-state index >= 15 is 0 Å². The van der Waals surface area contributed by atoms with Gasteiger partial charge in [-0.2, -0.15) is 0 Å². The lowest BCUT2D eigenvalue weighted by Gasteiger charge is -2.13. The molecule has 0 spiro atoms.